The average molecular weight is 472 g/mol. The SMILES string of the molecule is Cc1cc2c(c(-c3nc(C4CCCC4)cc4ccc(C5CCC(C)(C)C5)cc34)c1)Cc1ccccc1-2. The fourth-order valence-corrected chi connectivity index (χ4v) is 7.48. The van der Waals surface area contributed by atoms with Crippen LogP contribution < -0.4 is 0 Å². The van der Waals surface area contributed by atoms with Crippen molar-refractivity contribution in [3.8, 4) is 22.4 Å². The van der Waals surface area contributed by atoms with Gasteiger partial charge >= 0.3 is 0 Å². The van der Waals surface area contributed by atoms with Gasteiger partial charge in [-0.2, -0.15) is 0 Å². The molecule has 0 radical (unpaired) electrons. The van der Waals surface area contributed by atoms with Crippen LogP contribution in [0, 0.1) is 12.3 Å². The summed E-state index contributed by atoms with van der Waals surface area (Å²) in [6.07, 6.45) is 10.2. The quantitative estimate of drug-likeness (QED) is 0.255. The zero-order chi connectivity index (χ0) is 24.4. The van der Waals surface area contributed by atoms with Gasteiger partial charge in [-0.15, -0.1) is 0 Å². The van der Waals surface area contributed by atoms with E-state index in [1.54, 1.807) is 0 Å². The lowest BCUT2D eigenvalue weighted by molar-refractivity contribution is 0.376. The van der Waals surface area contributed by atoms with E-state index < -0.39 is 0 Å². The third kappa shape index (κ3) is 3.71. The first-order chi connectivity index (χ1) is 17.4. The predicted octanol–water partition coefficient (Wildman–Crippen LogP) is 9.73. The van der Waals surface area contributed by atoms with Gasteiger partial charge in [-0.05, 0) is 114 Å². The van der Waals surface area contributed by atoms with E-state index >= 15 is 0 Å². The van der Waals surface area contributed by atoms with E-state index in [0.29, 0.717) is 17.3 Å². The smallest absolute Gasteiger partial charge is 0.0787 e. The number of pyridine rings is 1. The fraction of sp³-hybridized carbons (Fsp3) is 0.400. The Morgan fingerprint density at radius 2 is 1.61 bits per heavy atom. The maximum Gasteiger partial charge on any atom is 0.0787 e. The highest BCUT2D eigenvalue weighted by atomic mass is 14.7. The molecular formula is C35H37N. The van der Waals surface area contributed by atoms with Gasteiger partial charge in [0.1, 0.15) is 0 Å². The van der Waals surface area contributed by atoms with Gasteiger partial charge in [0, 0.05) is 22.6 Å². The summed E-state index contributed by atoms with van der Waals surface area (Å²) in [5.41, 5.74) is 12.9. The topological polar surface area (TPSA) is 12.9 Å². The van der Waals surface area contributed by atoms with Crippen molar-refractivity contribution in [1.82, 2.24) is 4.98 Å². The maximum atomic E-state index is 5.53. The highest BCUT2D eigenvalue weighted by molar-refractivity contribution is 5.98. The summed E-state index contributed by atoms with van der Waals surface area (Å²) in [6.45, 7) is 7.12. The van der Waals surface area contributed by atoms with E-state index in [-0.39, 0.29) is 0 Å². The Hall–Kier alpha value is -2.93. The van der Waals surface area contributed by atoms with Crippen LogP contribution in [0.1, 0.15) is 98.6 Å². The summed E-state index contributed by atoms with van der Waals surface area (Å²) in [7, 11) is 0. The molecule has 1 atom stereocenters. The second-order valence-corrected chi connectivity index (χ2v) is 12.6. The summed E-state index contributed by atoms with van der Waals surface area (Å²) >= 11 is 0. The largest absolute Gasteiger partial charge is 0.252 e. The van der Waals surface area contributed by atoms with Crippen LogP contribution in [-0.4, -0.2) is 4.98 Å². The van der Waals surface area contributed by atoms with Crippen LogP contribution in [0.15, 0.2) is 60.7 Å². The molecule has 1 nitrogen and oxygen atoms in total. The molecule has 1 heteroatoms. The van der Waals surface area contributed by atoms with Crippen molar-refractivity contribution in [3.05, 3.63) is 88.6 Å². The lowest BCUT2D eigenvalue weighted by Crippen LogP contribution is -2.05. The molecule has 2 saturated carbocycles. The number of aryl methyl sites for hydroxylation is 1. The molecule has 0 spiro atoms. The molecule has 3 aliphatic carbocycles. The number of nitrogens with zero attached hydrogens (tertiary/aromatic N) is 1. The maximum absolute atomic E-state index is 5.53. The Kier molecular flexibility index (Phi) is 5.14. The summed E-state index contributed by atoms with van der Waals surface area (Å²) in [4.78, 5) is 5.53. The van der Waals surface area contributed by atoms with Crippen LogP contribution in [0.4, 0.5) is 0 Å². The average Bonchev–Trinajstić information content (AvgIpc) is 3.61. The van der Waals surface area contributed by atoms with Crippen LogP contribution in [0.2, 0.25) is 0 Å². The monoisotopic (exact) mass is 471 g/mol. The minimum atomic E-state index is 0.455. The summed E-state index contributed by atoms with van der Waals surface area (Å²) in [6, 6.07) is 23.5. The van der Waals surface area contributed by atoms with Crippen LogP contribution in [0.25, 0.3) is 33.2 Å². The van der Waals surface area contributed by atoms with Crippen molar-refractivity contribution in [2.45, 2.75) is 84.0 Å². The van der Waals surface area contributed by atoms with Crippen molar-refractivity contribution < 1.29 is 0 Å². The van der Waals surface area contributed by atoms with Crippen molar-refractivity contribution in [2.75, 3.05) is 0 Å². The number of hydrogen-bond donors (Lipinski definition) is 0. The van der Waals surface area contributed by atoms with E-state index in [4.69, 9.17) is 4.98 Å². The summed E-state index contributed by atoms with van der Waals surface area (Å²) in [5.74, 6) is 1.28. The molecule has 0 aliphatic heterocycles. The van der Waals surface area contributed by atoms with Crippen LogP contribution in [-0.2, 0) is 6.42 Å². The molecule has 0 N–H and O–H groups in total. The summed E-state index contributed by atoms with van der Waals surface area (Å²) in [5, 5.41) is 2.72. The van der Waals surface area contributed by atoms with Gasteiger partial charge < -0.3 is 0 Å². The molecule has 3 aromatic carbocycles. The Bertz CT molecular complexity index is 1480. The third-order valence-electron chi connectivity index (χ3n) is 9.41. The highest BCUT2D eigenvalue weighted by Gasteiger charge is 2.32. The third-order valence-corrected chi connectivity index (χ3v) is 9.41. The lowest BCUT2D eigenvalue weighted by atomic mass is 9.87. The molecule has 36 heavy (non-hydrogen) atoms. The van der Waals surface area contributed by atoms with Crippen molar-refractivity contribution in [1.29, 1.82) is 0 Å². The summed E-state index contributed by atoms with van der Waals surface area (Å²) < 4.78 is 0. The molecule has 1 unspecified atom stereocenters. The molecule has 0 bridgehead atoms. The number of rotatable bonds is 3. The van der Waals surface area contributed by atoms with Crippen molar-refractivity contribution >= 4 is 10.8 Å². The lowest BCUT2D eigenvalue weighted by Gasteiger charge is -2.20. The Balaban J connectivity index is 1.44. The first-order valence-electron chi connectivity index (χ1n) is 14.1. The van der Waals surface area contributed by atoms with Crippen molar-refractivity contribution in [3.63, 3.8) is 0 Å². The molecule has 0 saturated heterocycles. The molecule has 0 amide bonds. The highest BCUT2D eigenvalue weighted by Crippen LogP contribution is 2.48. The van der Waals surface area contributed by atoms with Gasteiger partial charge in [0.25, 0.3) is 0 Å². The molecule has 2 fully saturated rings. The minimum Gasteiger partial charge on any atom is -0.252 e. The predicted molar refractivity (Wildman–Crippen MR) is 152 cm³/mol. The molecule has 182 valence electrons. The molecular weight excluding hydrogens is 434 g/mol. The second-order valence-electron chi connectivity index (χ2n) is 12.6. The first-order valence-corrected chi connectivity index (χ1v) is 14.1. The van der Waals surface area contributed by atoms with Gasteiger partial charge in [0.2, 0.25) is 0 Å². The van der Waals surface area contributed by atoms with Crippen LogP contribution in [0.3, 0.4) is 0 Å². The zero-order valence-electron chi connectivity index (χ0n) is 22.0. The van der Waals surface area contributed by atoms with Gasteiger partial charge in [-0.25, -0.2) is 0 Å². The fourth-order valence-electron chi connectivity index (χ4n) is 7.48. The van der Waals surface area contributed by atoms with Gasteiger partial charge in [-0.1, -0.05) is 69.2 Å². The number of fused-ring (bicyclic) bond motifs is 4. The van der Waals surface area contributed by atoms with E-state index in [0.717, 1.165) is 6.42 Å². The van der Waals surface area contributed by atoms with Gasteiger partial charge in [0.15, 0.2) is 0 Å². The number of benzene rings is 3. The van der Waals surface area contributed by atoms with E-state index in [9.17, 15) is 0 Å². The standard InChI is InChI=1S/C35H37N/c1-22-16-30-28-11-7-6-10-25(28)19-31(30)32(17-22)34-29-18-24(27-14-15-35(2,3)21-27)12-13-26(29)20-33(36-34)23-8-4-5-9-23/h6-7,10-13,16-18,20,23,27H,4-5,8-9,14-15,19,21H2,1-3H3. The van der Waals surface area contributed by atoms with E-state index in [1.807, 2.05) is 0 Å². The van der Waals surface area contributed by atoms with Crippen LogP contribution in [0.5, 0.6) is 0 Å². The van der Waals surface area contributed by atoms with E-state index in [2.05, 4.69) is 81.4 Å². The number of aromatic nitrogens is 1. The molecule has 1 aromatic heterocycles. The number of hydrogen-bond acceptors (Lipinski definition) is 1. The van der Waals surface area contributed by atoms with Crippen molar-refractivity contribution in [2.24, 2.45) is 5.41 Å². The molecule has 4 aromatic rings. The zero-order valence-corrected chi connectivity index (χ0v) is 22.0. The minimum absolute atomic E-state index is 0.455. The molecule has 3 aliphatic rings. The molecule has 7 rings (SSSR count). The van der Waals surface area contributed by atoms with E-state index in [1.165, 1.54) is 106 Å². The molecule has 1 heterocycles. The first kappa shape index (κ1) is 22.3. The van der Waals surface area contributed by atoms with Crippen LogP contribution >= 0.6 is 0 Å². The van der Waals surface area contributed by atoms with Gasteiger partial charge in [-0.3, -0.25) is 4.98 Å². The van der Waals surface area contributed by atoms with Gasteiger partial charge in [0.05, 0.1) is 5.69 Å². The normalized spacial score (nSPS) is 20.7. The second kappa shape index (κ2) is 8.30. The Morgan fingerprint density at radius 3 is 2.42 bits per heavy atom. The Morgan fingerprint density at radius 1 is 0.806 bits per heavy atom. The Labute approximate surface area is 216 Å².